The standard InChI is InChI=1S/C35H63N3O5S/c1-8-25-29-21-24(39)11-16-35(29,7)28-12-17-34(6)26(9-10-27(34)30(28)31(25)40)22(2)13-18-36-32(41)37-44(42,43)38-19-14-23(15-20-38)33(3,4)5/h22-31,39-40H,8-21H2,1-7H3,(H2,36,37,41)/t22-,24-,25-,26-,27+,28+,29+,30+,31-,34-,35-/m1/s1. The first kappa shape index (κ1) is 34.4. The summed E-state index contributed by atoms with van der Waals surface area (Å²) in [5.74, 6) is 3.43. The molecule has 9 heteroatoms. The third kappa shape index (κ3) is 6.22. The van der Waals surface area contributed by atoms with Crippen LogP contribution in [0.5, 0.6) is 0 Å². The van der Waals surface area contributed by atoms with Crippen LogP contribution in [0.3, 0.4) is 0 Å². The van der Waals surface area contributed by atoms with Crippen LogP contribution < -0.4 is 10.0 Å². The third-order valence-electron chi connectivity index (χ3n) is 14.3. The number of nitrogens with zero attached hydrogens (tertiary/aromatic N) is 1. The molecule has 1 heterocycles. The molecule has 0 radical (unpaired) electrons. The van der Waals surface area contributed by atoms with Crippen molar-refractivity contribution in [2.75, 3.05) is 19.6 Å². The summed E-state index contributed by atoms with van der Waals surface area (Å²) in [6.45, 7) is 17.4. The zero-order valence-corrected chi connectivity index (χ0v) is 29.5. The number of urea groups is 1. The van der Waals surface area contributed by atoms with Crippen LogP contribution in [0.15, 0.2) is 0 Å². The van der Waals surface area contributed by atoms with Crippen LogP contribution in [0.25, 0.3) is 0 Å². The lowest BCUT2D eigenvalue weighted by atomic mass is 9.41. The maximum atomic E-state index is 12.9. The van der Waals surface area contributed by atoms with Crippen LogP contribution in [0.4, 0.5) is 4.79 Å². The minimum absolute atomic E-state index is 0.155. The van der Waals surface area contributed by atoms with Crippen LogP contribution >= 0.6 is 0 Å². The van der Waals surface area contributed by atoms with E-state index in [0.717, 1.165) is 64.2 Å². The van der Waals surface area contributed by atoms with Crippen LogP contribution in [0.2, 0.25) is 0 Å². The van der Waals surface area contributed by atoms with Gasteiger partial charge in [-0.2, -0.15) is 12.7 Å². The minimum atomic E-state index is -3.85. The molecule has 0 spiro atoms. The van der Waals surface area contributed by atoms with Crippen molar-refractivity contribution in [1.29, 1.82) is 0 Å². The summed E-state index contributed by atoms with van der Waals surface area (Å²) in [6, 6.07) is -0.637. The molecule has 11 atom stereocenters. The van der Waals surface area contributed by atoms with Gasteiger partial charge in [0.1, 0.15) is 0 Å². The zero-order chi connectivity index (χ0) is 32.2. The maximum Gasteiger partial charge on any atom is 0.329 e. The molecule has 2 amide bonds. The number of aliphatic hydroxyl groups is 2. The van der Waals surface area contributed by atoms with Gasteiger partial charge in [0.25, 0.3) is 0 Å². The number of rotatable bonds is 7. The molecule has 0 aromatic carbocycles. The molecule has 4 aliphatic carbocycles. The lowest BCUT2D eigenvalue weighted by Crippen LogP contribution is -2.62. The number of aliphatic hydroxyl groups excluding tert-OH is 2. The second-order valence-electron chi connectivity index (χ2n) is 17.3. The van der Waals surface area contributed by atoms with E-state index in [4.69, 9.17) is 0 Å². The highest BCUT2D eigenvalue weighted by molar-refractivity contribution is 7.87. The van der Waals surface area contributed by atoms with E-state index < -0.39 is 16.2 Å². The Morgan fingerprint density at radius 2 is 1.59 bits per heavy atom. The second kappa shape index (κ2) is 12.6. The van der Waals surface area contributed by atoms with E-state index in [2.05, 4.69) is 58.5 Å². The van der Waals surface area contributed by atoms with Gasteiger partial charge in [0.15, 0.2) is 0 Å². The molecule has 0 aromatic heterocycles. The molecule has 8 nitrogen and oxygen atoms in total. The number of fused-ring (bicyclic) bond motifs is 5. The maximum absolute atomic E-state index is 12.9. The lowest BCUT2D eigenvalue weighted by molar-refractivity contribution is -0.203. The smallest absolute Gasteiger partial charge is 0.329 e. The first-order valence-electron chi connectivity index (χ1n) is 17.9. The predicted molar refractivity (Wildman–Crippen MR) is 175 cm³/mol. The van der Waals surface area contributed by atoms with Gasteiger partial charge in [-0.25, -0.2) is 9.52 Å². The highest BCUT2D eigenvalue weighted by atomic mass is 32.2. The van der Waals surface area contributed by atoms with Gasteiger partial charge in [-0.15, -0.1) is 0 Å². The molecule has 0 unspecified atom stereocenters. The Labute approximate surface area is 268 Å². The first-order valence-corrected chi connectivity index (χ1v) is 19.4. The number of nitrogens with one attached hydrogen (secondary N) is 2. The lowest BCUT2D eigenvalue weighted by Gasteiger charge is -2.64. The number of piperidine rings is 1. The highest BCUT2D eigenvalue weighted by Gasteiger charge is 2.64. The Kier molecular flexibility index (Phi) is 9.87. The van der Waals surface area contributed by atoms with Crippen molar-refractivity contribution in [3.63, 3.8) is 0 Å². The minimum Gasteiger partial charge on any atom is -0.393 e. The Morgan fingerprint density at radius 3 is 2.23 bits per heavy atom. The molecule has 5 aliphatic rings. The number of hydrogen-bond donors (Lipinski definition) is 4. The molecule has 0 bridgehead atoms. The first-order chi connectivity index (χ1) is 20.5. The molecule has 5 fully saturated rings. The van der Waals surface area contributed by atoms with Crippen molar-refractivity contribution < 1.29 is 23.4 Å². The van der Waals surface area contributed by atoms with Crippen LogP contribution in [-0.2, 0) is 10.2 Å². The monoisotopic (exact) mass is 637 g/mol. The molecule has 0 aromatic rings. The average molecular weight is 638 g/mol. The quantitative estimate of drug-likeness (QED) is 0.276. The van der Waals surface area contributed by atoms with Gasteiger partial charge in [0.2, 0.25) is 0 Å². The molecule has 5 rings (SSSR count). The zero-order valence-electron chi connectivity index (χ0n) is 28.6. The summed E-state index contributed by atoms with van der Waals surface area (Å²) in [7, 11) is -3.85. The Morgan fingerprint density at radius 1 is 0.955 bits per heavy atom. The fourth-order valence-corrected chi connectivity index (χ4v) is 12.9. The molecular weight excluding hydrogens is 574 g/mol. The van der Waals surface area contributed by atoms with Gasteiger partial charge < -0.3 is 15.5 Å². The summed E-state index contributed by atoms with van der Waals surface area (Å²) in [6.07, 6.45) is 10.3. The molecule has 1 aliphatic heterocycles. The molecule has 254 valence electrons. The van der Waals surface area contributed by atoms with E-state index in [1.165, 1.54) is 10.7 Å². The van der Waals surface area contributed by atoms with Gasteiger partial charge in [-0.1, -0.05) is 54.9 Å². The Balaban J connectivity index is 1.16. The summed E-state index contributed by atoms with van der Waals surface area (Å²) < 4.78 is 29.5. The number of hydrogen-bond acceptors (Lipinski definition) is 5. The summed E-state index contributed by atoms with van der Waals surface area (Å²) in [5, 5.41) is 25.3. The van der Waals surface area contributed by atoms with E-state index >= 15 is 0 Å². The Bertz CT molecular complexity index is 1130. The third-order valence-corrected chi connectivity index (χ3v) is 15.8. The fraction of sp³-hybridized carbons (Fsp3) is 0.971. The van der Waals surface area contributed by atoms with Gasteiger partial charge in [0, 0.05) is 19.6 Å². The van der Waals surface area contributed by atoms with Crippen molar-refractivity contribution in [3.8, 4) is 0 Å². The van der Waals surface area contributed by atoms with Gasteiger partial charge in [-0.3, -0.25) is 0 Å². The summed E-state index contributed by atoms with van der Waals surface area (Å²) in [5.41, 5.74) is 0.527. The van der Waals surface area contributed by atoms with Crippen molar-refractivity contribution in [2.45, 2.75) is 131 Å². The Hall–Kier alpha value is -0.900. The van der Waals surface area contributed by atoms with Crippen LogP contribution in [0, 0.1) is 63.6 Å². The molecule has 4 saturated carbocycles. The van der Waals surface area contributed by atoms with Gasteiger partial charge in [-0.05, 0) is 128 Å². The second-order valence-corrected chi connectivity index (χ2v) is 19.0. The molecular formula is C35H63N3O5S. The van der Waals surface area contributed by atoms with Gasteiger partial charge in [0.05, 0.1) is 12.2 Å². The number of amides is 2. The van der Waals surface area contributed by atoms with E-state index in [1.54, 1.807) is 0 Å². The fourth-order valence-electron chi connectivity index (χ4n) is 11.7. The van der Waals surface area contributed by atoms with Crippen molar-refractivity contribution in [2.24, 2.45) is 63.6 Å². The molecule has 4 N–H and O–H groups in total. The van der Waals surface area contributed by atoms with Crippen LogP contribution in [0.1, 0.15) is 119 Å². The average Bonchev–Trinajstić information content (AvgIpc) is 3.30. The predicted octanol–water partition coefficient (Wildman–Crippen LogP) is 5.94. The van der Waals surface area contributed by atoms with Crippen molar-refractivity contribution in [3.05, 3.63) is 0 Å². The van der Waals surface area contributed by atoms with E-state index in [9.17, 15) is 23.4 Å². The van der Waals surface area contributed by atoms with E-state index in [0.29, 0.717) is 61.1 Å². The number of carbonyl (C=O) groups is 1. The summed E-state index contributed by atoms with van der Waals surface area (Å²) >= 11 is 0. The van der Waals surface area contributed by atoms with E-state index in [-0.39, 0.29) is 34.4 Å². The largest absolute Gasteiger partial charge is 0.393 e. The van der Waals surface area contributed by atoms with Crippen molar-refractivity contribution in [1.82, 2.24) is 14.3 Å². The van der Waals surface area contributed by atoms with Crippen molar-refractivity contribution >= 4 is 16.2 Å². The highest BCUT2D eigenvalue weighted by Crippen LogP contribution is 2.69. The molecule has 1 saturated heterocycles. The topological polar surface area (TPSA) is 119 Å². The van der Waals surface area contributed by atoms with Gasteiger partial charge >= 0.3 is 16.2 Å². The SMILES string of the molecule is CC[C@H]1[C@@H](O)[C@@H]2[C@H](CC[C@]3(C)[C@@H]([C@H](C)CCNC(=O)NS(=O)(=O)N4CCC(C(C)(C)C)CC4)CC[C@@H]23)[C@@]2(C)CC[C@@H](O)C[C@@H]12. The normalized spacial score (nSPS) is 42.6. The van der Waals surface area contributed by atoms with E-state index in [1.807, 2.05) is 0 Å². The number of carbonyl (C=O) groups excluding carboxylic acids is 1. The van der Waals surface area contributed by atoms with Crippen LogP contribution in [-0.4, -0.2) is 60.8 Å². The molecule has 44 heavy (non-hydrogen) atoms. The summed E-state index contributed by atoms with van der Waals surface area (Å²) in [4.78, 5) is 12.7.